The summed E-state index contributed by atoms with van der Waals surface area (Å²) in [6.45, 7) is 0.274. The third-order valence-corrected chi connectivity index (χ3v) is 17.4. The average Bonchev–Trinajstić information content (AvgIpc) is 0.839. The molecule has 0 radical (unpaired) electrons. The number of carboxylic acid groups (broad SMARTS) is 1. The van der Waals surface area contributed by atoms with Gasteiger partial charge in [0.25, 0.3) is 0 Å². The Balaban J connectivity index is 1.55. The van der Waals surface area contributed by atoms with Gasteiger partial charge in [-0.1, -0.05) is 60.7 Å². The molecule has 5 aromatic rings. The molecule has 0 unspecified atom stereocenters. The molecule has 0 spiro atoms. The van der Waals surface area contributed by atoms with E-state index in [0.29, 0.717) is 34.2 Å². The summed E-state index contributed by atoms with van der Waals surface area (Å²) in [5, 5.41) is 126. The highest BCUT2D eigenvalue weighted by Crippen LogP contribution is 2.19. The first-order valence-corrected chi connectivity index (χ1v) is 35.9. The van der Waals surface area contributed by atoms with Crippen molar-refractivity contribution in [3.63, 3.8) is 0 Å². The van der Waals surface area contributed by atoms with Crippen molar-refractivity contribution in [3.05, 3.63) is 149 Å². The maximum Gasteiger partial charge on any atom is 0.327 e. The van der Waals surface area contributed by atoms with Crippen molar-refractivity contribution in [2.75, 3.05) is 31.9 Å². The van der Waals surface area contributed by atoms with Crippen LogP contribution in [0.15, 0.2) is 121 Å². The number of guanidine groups is 4. The molecule has 0 heterocycles. The Morgan fingerprint density at radius 2 is 0.477 bits per heavy atom. The van der Waals surface area contributed by atoms with E-state index in [0.717, 1.165) is 0 Å². The Kier molecular flexibility index (Phi) is 36.6. The maximum atomic E-state index is 15.3. The van der Waals surface area contributed by atoms with Crippen LogP contribution in [-0.2, 0) is 80.0 Å². The number of hydrogen-bond acceptors (Lipinski definition) is 21. The molecule has 0 saturated carbocycles. The van der Waals surface area contributed by atoms with E-state index in [2.05, 4.69) is 81.7 Å². The second kappa shape index (κ2) is 45.8. The molecule has 5 rings (SSSR count). The second-order valence-electron chi connectivity index (χ2n) is 26.0. The molecule has 0 aromatic heterocycles. The molecular weight excluding hydrogens is 1460 g/mol. The number of carbonyl (C=O) groups excluding carboxylic acids is 9. The summed E-state index contributed by atoms with van der Waals surface area (Å²) >= 11 is 4.05. The summed E-state index contributed by atoms with van der Waals surface area (Å²) in [7, 11) is 0. The van der Waals surface area contributed by atoms with Crippen LogP contribution in [0.2, 0.25) is 0 Å². The van der Waals surface area contributed by atoms with E-state index in [4.69, 9.17) is 50.3 Å². The standard InChI is InChI=1S/C72H100N22O16S/c73-49(5-1-29-82-69(74)75)59(100)86-50(6-2-30-83-70(76)77)60(101)87-51(7-3-31-84-71(78)79)61(102)88-52(8-4-32-85-72(80)81)62(103)89-53(33-39-9-19-44(95)20-10-39)63(104)90-54(34-40-11-21-45(96)22-12-40)64(105)91-55(35-41-13-23-46(97)24-14-41)65(106)92-56(36-42-15-25-47(98)26-16-42)66(107)93-57(37-43-17-27-48(99)28-18-43)67(108)94-58(38-111)68(109)110/h9-28,49-58,95-99,111H,1-8,29-38,73H2,(H,86,100)(H,87,101)(H,88,102)(H,89,103)(H,90,104)(H,91,105)(H,92,106)(H,93,107)(H,94,108)(H,109,110)(H4,74,75,82)(H4,76,77,83)(H4,78,79,84)(H4,80,81,85)/t49-,50-,51-,52-,53-,54-,55-,56-,57-,58-/m0/s1. The summed E-state index contributed by atoms with van der Waals surface area (Å²) in [6, 6.07) is 12.1. The van der Waals surface area contributed by atoms with Crippen LogP contribution in [0.5, 0.6) is 28.7 Å². The van der Waals surface area contributed by atoms with Gasteiger partial charge in [-0.2, -0.15) is 12.6 Å². The van der Waals surface area contributed by atoms with Gasteiger partial charge in [-0.25, -0.2) is 4.79 Å². The number of benzene rings is 5. The van der Waals surface area contributed by atoms with Crippen molar-refractivity contribution >= 4 is 95.6 Å². The number of thiol groups is 1. The lowest BCUT2D eigenvalue weighted by molar-refractivity contribution is -0.141. The molecule has 0 aliphatic carbocycles. The average molecular weight is 1560 g/mol. The third-order valence-electron chi connectivity index (χ3n) is 17.0. The molecule has 0 bridgehead atoms. The normalized spacial score (nSPS) is 13.6. The minimum absolute atomic E-state index is 0.0121. The zero-order chi connectivity index (χ0) is 81.7. The van der Waals surface area contributed by atoms with Gasteiger partial charge in [0, 0.05) is 64.0 Å². The number of nitrogens with one attached hydrogen (secondary N) is 17. The number of nitrogens with two attached hydrogens (primary N) is 5. The van der Waals surface area contributed by atoms with Crippen LogP contribution in [0, 0.1) is 21.6 Å². The highest BCUT2D eigenvalue weighted by atomic mass is 32.1. The molecule has 38 nitrogen and oxygen atoms in total. The van der Waals surface area contributed by atoms with Crippen molar-refractivity contribution in [1.29, 1.82) is 21.6 Å². The van der Waals surface area contributed by atoms with Crippen molar-refractivity contribution < 1.29 is 78.6 Å². The van der Waals surface area contributed by atoms with Crippen molar-refractivity contribution in [1.82, 2.24) is 69.1 Å². The molecule has 111 heavy (non-hydrogen) atoms. The van der Waals surface area contributed by atoms with Crippen molar-refractivity contribution in [3.8, 4) is 28.7 Å². The van der Waals surface area contributed by atoms with Crippen molar-refractivity contribution in [2.24, 2.45) is 28.7 Å². The molecule has 10 atom stereocenters. The van der Waals surface area contributed by atoms with Crippen LogP contribution in [0.4, 0.5) is 0 Å². The van der Waals surface area contributed by atoms with Crippen LogP contribution in [0.1, 0.15) is 79.2 Å². The molecule has 0 aliphatic heterocycles. The van der Waals surface area contributed by atoms with Crippen molar-refractivity contribution in [2.45, 2.75) is 144 Å². The maximum absolute atomic E-state index is 15.3. The van der Waals surface area contributed by atoms with E-state index < -0.39 is 131 Å². The summed E-state index contributed by atoms with van der Waals surface area (Å²) in [4.78, 5) is 145. The SMILES string of the molecule is N=C(N)NCCC[C@H](NC(=O)[C@H](CCCNC(=N)N)NC(=O)[C@H](CCCNC(=N)N)NC(=O)[C@@H](N)CCCNC(=N)N)C(=O)N[C@@H](Cc1ccc(O)cc1)C(=O)N[C@@H](Cc1ccc(O)cc1)C(=O)N[C@@H](Cc1ccc(O)cc1)C(=O)N[C@@H](Cc1ccc(O)cc1)C(=O)N[C@@H](Cc1ccc(O)cc1)C(=O)N[C@@H](CS)C(=O)O. The largest absolute Gasteiger partial charge is 0.508 e. The quantitative estimate of drug-likeness (QED) is 0.00777. The van der Waals surface area contributed by atoms with Crippen LogP contribution in [0.25, 0.3) is 0 Å². The molecule has 0 aliphatic rings. The highest BCUT2D eigenvalue weighted by molar-refractivity contribution is 7.80. The van der Waals surface area contributed by atoms with E-state index in [1.54, 1.807) is 0 Å². The molecule has 5 aromatic carbocycles. The summed E-state index contributed by atoms with van der Waals surface area (Å²) in [6.07, 6.45) is -1.65. The lowest BCUT2D eigenvalue weighted by Crippen LogP contribution is -2.61. The van der Waals surface area contributed by atoms with Gasteiger partial charge in [0.15, 0.2) is 23.8 Å². The first-order chi connectivity index (χ1) is 52.7. The van der Waals surface area contributed by atoms with Gasteiger partial charge in [-0.3, -0.25) is 64.8 Å². The minimum Gasteiger partial charge on any atom is -0.508 e. The monoisotopic (exact) mass is 1560 g/mol. The lowest BCUT2D eigenvalue weighted by atomic mass is 9.99. The third kappa shape index (κ3) is 33.1. The number of phenolic OH excluding ortho intramolecular Hbond substituents is 5. The van der Waals surface area contributed by atoms with E-state index >= 15 is 19.2 Å². The van der Waals surface area contributed by atoms with Crippen LogP contribution < -0.4 is 97.8 Å². The van der Waals surface area contributed by atoms with Gasteiger partial charge >= 0.3 is 5.97 Å². The van der Waals surface area contributed by atoms with Crippen LogP contribution in [0.3, 0.4) is 0 Å². The van der Waals surface area contributed by atoms with Gasteiger partial charge in [-0.05, 0) is 140 Å². The minimum atomic E-state index is -1.71. The molecule has 0 saturated heterocycles. The Bertz CT molecular complexity index is 3980. The summed E-state index contributed by atoms with van der Waals surface area (Å²) in [5.41, 5.74) is 30.0. The fraction of sp³-hybridized carbons (Fsp3) is 0.389. The molecule has 600 valence electrons. The predicted octanol–water partition coefficient (Wildman–Crippen LogP) is -3.51. The zero-order valence-electron chi connectivity index (χ0n) is 60.6. The van der Waals surface area contributed by atoms with Gasteiger partial charge < -0.3 is 128 Å². The summed E-state index contributed by atoms with van der Waals surface area (Å²) < 4.78 is 0. The first kappa shape index (κ1) is 88.8. The predicted molar refractivity (Wildman–Crippen MR) is 412 cm³/mol. The second-order valence-corrected chi connectivity index (χ2v) is 26.3. The number of hydrogen-bond donors (Lipinski definition) is 29. The number of aromatic hydroxyl groups is 5. The number of carbonyl (C=O) groups is 10. The first-order valence-electron chi connectivity index (χ1n) is 35.3. The lowest BCUT2D eigenvalue weighted by Gasteiger charge is -2.29. The Hall–Kier alpha value is -12.8. The van der Waals surface area contributed by atoms with Gasteiger partial charge in [0.05, 0.1) is 6.04 Å². The van der Waals surface area contributed by atoms with E-state index in [9.17, 15) is 59.4 Å². The van der Waals surface area contributed by atoms with Crippen LogP contribution in [-0.4, -0.2) is 206 Å². The fourth-order valence-electron chi connectivity index (χ4n) is 11.1. The van der Waals surface area contributed by atoms with E-state index in [-0.39, 0.29) is 150 Å². The number of rotatable bonds is 46. The molecular formula is C72H100N22O16S. The zero-order valence-corrected chi connectivity index (χ0v) is 61.5. The molecule has 0 fully saturated rings. The molecule has 39 heteroatoms. The Labute approximate surface area is 644 Å². The number of phenols is 5. The number of aliphatic carboxylic acids is 1. The summed E-state index contributed by atoms with van der Waals surface area (Å²) in [5.74, 6) is -12.9. The van der Waals surface area contributed by atoms with E-state index in [1.807, 2.05) is 0 Å². The molecule has 9 amide bonds. The Morgan fingerprint density at radius 1 is 0.297 bits per heavy atom. The van der Waals surface area contributed by atoms with E-state index in [1.165, 1.54) is 121 Å². The fourth-order valence-corrected chi connectivity index (χ4v) is 11.3. The highest BCUT2D eigenvalue weighted by Gasteiger charge is 2.37. The van der Waals surface area contributed by atoms with Gasteiger partial charge in [0.2, 0.25) is 53.2 Å². The number of carboxylic acids is 1. The molecule has 33 N–H and O–H groups in total. The van der Waals surface area contributed by atoms with Gasteiger partial charge in [0.1, 0.15) is 83.1 Å². The van der Waals surface area contributed by atoms with Crippen LogP contribution >= 0.6 is 12.6 Å². The van der Waals surface area contributed by atoms with Gasteiger partial charge in [-0.15, -0.1) is 0 Å². The number of amides is 9. The topological polar surface area (TPSA) is 674 Å². The Morgan fingerprint density at radius 3 is 0.676 bits per heavy atom. The smallest absolute Gasteiger partial charge is 0.327 e.